The number of ketones is 2. The smallest absolute Gasteiger partial charge is 0.234 e. The molecule has 0 aromatic rings. The number of nitrogens with zero attached hydrogens (tertiary/aromatic N) is 1. The number of Topliss-reactive ketones (excluding diaryl/α,β-unsaturated/α-hetero) is 2. The van der Waals surface area contributed by atoms with E-state index in [9.17, 15) is 44.1 Å². The summed E-state index contributed by atoms with van der Waals surface area (Å²) in [5.41, 5.74) is 0. The van der Waals surface area contributed by atoms with Crippen LogP contribution >= 0.6 is 0 Å². The van der Waals surface area contributed by atoms with E-state index in [0.717, 1.165) is 12.8 Å². The zero-order valence-corrected chi connectivity index (χ0v) is 28.7. The highest BCUT2D eigenvalue weighted by Gasteiger charge is 2.42. The van der Waals surface area contributed by atoms with Crippen molar-refractivity contribution < 1.29 is 53.6 Å². The van der Waals surface area contributed by atoms with Gasteiger partial charge in [-0.2, -0.15) is 0 Å². The van der Waals surface area contributed by atoms with Gasteiger partial charge in [0, 0.05) is 45.4 Å². The lowest BCUT2D eigenvalue weighted by Gasteiger charge is -2.38. The number of ether oxygens (including phenoxy) is 2. The molecule has 1 saturated heterocycles. The molecule has 1 fully saturated rings. The summed E-state index contributed by atoms with van der Waals surface area (Å²) in [6.07, 6.45) is -0.0898. The first-order valence-corrected chi connectivity index (χ1v) is 16.9. The molecule has 1 heterocycles. The van der Waals surface area contributed by atoms with Crippen LogP contribution < -0.4 is 21.3 Å². The van der Waals surface area contributed by atoms with Crippen molar-refractivity contribution in [2.45, 2.75) is 116 Å². The topological polar surface area (TPSA) is 233 Å². The van der Waals surface area contributed by atoms with Gasteiger partial charge < -0.3 is 55.6 Å². The third-order valence-corrected chi connectivity index (χ3v) is 7.57. The molecule has 276 valence electrons. The van der Waals surface area contributed by atoms with Gasteiger partial charge in [-0.1, -0.05) is 12.8 Å². The number of hydrogen-bond acceptors (Lipinski definition) is 12. The van der Waals surface area contributed by atoms with Gasteiger partial charge in [0.05, 0.1) is 32.3 Å². The quantitative estimate of drug-likeness (QED) is 0.0525. The van der Waals surface area contributed by atoms with Crippen LogP contribution in [0.3, 0.4) is 0 Å². The molecule has 5 atom stereocenters. The van der Waals surface area contributed by atoms with Gasteiger partial charge in [0.25, 0.3) is 0 Å². The molecule has 0 bridgehead atoms. The van der Waals surface area contributed by atoms with Gasteiger partial charge in [-0.3, -0.25) is 24.1 Å². The fraction of sp³-hybridized carbons (Fsp3) is 0.812. The SMILES string of the molecule is CC(=O)CCCCCNC(=O)CN(CC(=O)NCCCCCC(=O)NCCO[C@@H]1O[C@@H](C)[C@@H](O)[C@@H](O)[C@@H]1O)CC(=O)NCCCC(C)=O. The average Bonchev–Trinajstić information content (AvgIpc) is 3.01. The molecule has 7 N–H and O–H groups in total. The standard InChI is InChI=1S/C32H57N5O11/c1-22(38)11-6-4-8-14-33-26(41)19-37(21-28(43)35-16-10-12-23(2)39)20-27(42)34-15-9-5-7-13-25(40)36-17-18-47-32-31(46)30(45)29(44)24(3)48-32/h24,29-32,44-46H,4-21H2,1-3H3,(H,33,41)(H,34,42)(H,35,43)(H,36,40)/t24-,29+,30+,31-,32+/m0/s1. The molecule has 0 saturated carbocycles. The minimum atomic E-state index is -1.41. The van der Waals surface area contributed by atoms with E-state index in [-0.39, 0.29) is 74.4 Å². The molecule has 0 unspecified atom stereocenters. The normalized spacial score (nSPS) is 20.6. The van der Waals surface area contributed by atoms with Crippen molar-refractivity contribution >= 4 is 35.2 Å². The summed E-state index contributed by atoms with van der Waals surface area (Å²) < 4.78 is 10.7. The van der Waals surface area contributed by atoms with E-state index in [0.29, 0.717) is 64.6 Å². The van der Waals surface area contributed by atoms with Crippen LogP contribution in [-0.2, 0) is 38.2 Å². The molecular weight excluding hydrogens is 630 g/mol. The predicted molar refractivity (Wildman–Crippen MR) is 174 cm³/mol. The van der Waals surface area contributed by atoms with E-state index in [1.807, 2.05) is 0 Å². The van der Waals surface area contributed by atoms with Gasteiger partial charge in [0.15, 0.2) is 6.29 Å². The van der Waals surface area contributed by atoms with Crippen molar-refractivity contribution in [1.82, 2.24) is 26.2 Å². The fourth-order valence-electron chi connectivity index (χ4n) is 4.83. The number of aliphatic hydroxyl groups excluding tert-OH is 3. The second kappa shape index (κ2) is 25.0. The van der Waals surface area contributed by atoms with Crippen LogP contribution in [0, 0.1) is 0 Å². The molecular formula is C32H57N5O11. The highest BCUT2D eigenvalue weighted by atomic mass is 16.7. The zero-order valence-electron chi connectivity index (χ0n) is 28.7. The van der Waals surface area contributed by atoms with Gasteiger partial charge in [-0.05, 0) is 52.9 Å². The molecule has 1 aliphatic heterocycles. The first-order valence-electron chi connectivity index (χ1n) is 16.9. The molecule has 0 aliphatic carbocycles. The monoisotopic (exact) mass is 687 g/mol. The Kier molecular flexibility index (Phi) is 22.4. The van der Waals surface area contributed by atoms with Gasteiger partial charge in [-0.15, -0.1) is 0 Å². The summed E-state index contributed by atoms with van der Waals surface area (Å²) in [6.45, 7) is 5.38. The van der Waals surface area contributed by atoms with Crippen molar-refractivity contribution in [3.63, 3.8) is 0 Å². The van der Waals surface area contributed by atoms with Gasteiger partial charge in [0.2, 0.25) is 23.6 Å². The maximum atomic E-state index is 12.6. The third kappa shape index (κ3) is 20.4. The summed E-state index contributed by atoms with van der Waals surface area (Å²) in [4.78, 5) is 73.3. The van der Waals surface area contributed by atoms with Crippen molar-refractivity contribution in [1.29, 1.82) is 0 Å². The van der Waals surface area contributed by atoms with Gasteiger partial charge >= 0.3 is 0 Å². The minimum absolute atomic E-state index is 0.0259. The van der Waals surface area contributed by atoms with Crippen molar-refractivity contribution in [3.05, 3.63) is 0 Å². The van der Waals surface area contributed by atoms with Crippen LogP contribution in [0.4, 0.5) is 0 Å². The van der Waals surface area contributed by atoms with Crippen molar-refractivity contribution in [2.75, 3.05) is 52.4 Å². The molecule has 48 heavy (non-hydrogen) atoms. The van der Waals surface area contributed by atoms with Crippen molar-refractivity contribution in [3.8, 4) is 0 Å². The molecule has 4 amide bonds. The second-order valence-electron chi connectivity index (χ2n) is 12.2. The first kappa shape index (κ1) is 43.0. The average molecular weight is 688 g/mol. The molecule has 16 nitrogen and oxygen atoms in total. The Morgan fingerprint density at radius 3 is 1.56 bits per heavy atom. The molecule has 16 heteroatoms. The Labute approximate surface area is 283 Å². The first-order chi connectivity index (χ1) is 22.8. The fourth-order valence-corrected chi connectivity index (χ4v) is 4.83. The molecule has 1 aliphatic rings. The summed E-state index contributed by atoms with van der Waals surface area (Å²) in [5, 5.41) is 40.5. The van der Waals surface area contributed by atoms with Crippen LogP contribution in [0.5, 0.6) is 0 Å². The maximum absolute atomic E-state index is 12.6. The third-order valence-electron chi connectivity index (χ3n) is 7.57. The van der Waals surface area contributed by atoms with E-state index in [4.69, 9.17) is 9.47 Å². The molecule has 1 rings (SSSR count). The highest BCUT2D eigenvalue weighted by molar-refractivity contribution is 5.84. The highest BCUT2D eigenvalue weighted by Crippen LogP contribution is 2.21. The summed E-state index contributed by atoms with van der Waals surface area (Å²) in [6, 6.07) is 0. The number of amides is 4. The van der Waals surface area contributed by atoms with Crippen LogP contribution in [0.15, 0.2) is 0 Å². The summed E-state index contributed by atoms with van der Waals surface area (Å²) in [5.74, 6) is -1.07. The number of nitrogens with one attached hydrogen (secondary N) is 4. The molecule has 0 aromatic carbocycles. The van der Waals surface area contributed by atoms with E-state index < -0.39 is 30.7 Å². The van der Waals surface area contributed by atoms with E-state index in [1.165, 1.54) is 11.8 Å². The Bertz CT molecular complexity index is 1010. The van der Waals surface area contributed by atoms with E-state index in [1.54, 1.807) is 13.8 Å². The Morgan fingerprint density at radius 1 is 0.583 bits per heavy atom. The Hall–Kier alpha value is -3.02. The van der Waals surface area contributed by atoms with Gasteiger partial charge in [-0.25, -0.2) is 0 Å². The second-order valence-corrected chi connectivity index (χ2v) is 12.2. The number of carbonyl (C=O) groups is 6. The van der Waals surface area contributed by atoms with Gasteiger partial charge in [0.1, 0.15) is 29.9 Å². The largest absolute Gasteiger partial charge is 0.388 e. The maximum Gasteiger partial charge on any atom is 0.234 e. The lowest BCUT2D eigenvalue weighted by molar-refractivity contribution is -0.292. The lowest BCUT2D eigenvalue weighted by atomic mass is 10.0. The van der Waals surface area contributed by atoms with Crippen LogP contribution in [0.2, 0.25) is 0 Å². The summed E-state index contributed by atoms with van der Waals surface area (Å²) in [7, 11) is 0. The molecule has 0 spiro atoms. The van der Waals surface area contributed by atoms with Crippen LogP contribution in [0.25, 0.3) is 0 Å². The van der Waals surface area contributed by atoms with Crippen LogP contribution in [0.1, 0.15) is 85.0 Å². The van der Waals surface area contributed by atoms with E-state index >= 15 is 0 Å². The molecule has 0 aromatic heterocycles. The number of unbranched alkanes of at least 4 members (excludes halogenated alkanes) is 4. The molecule has 0 radical (unpaired) electrons. The minimum Gasteiger partial charge on any atom is -0.388 e. The number of carbonyl (C=O) groups excluding carboxylic acids is 6. The number of hydrogen-bond donors (Lipinski definition) is 7. The van der Waals surface area contributed by atoms with Crippen molar-refractivity contribution in [2.24, 2.45) is 0 Å². The predicted octanol–water partition coefficient (Wildman–Crippen LogP) is -1.32. The Balaban J connectivity index is 2.32. The number of rotatable bonds is 26. The van der Waals surface area contributed by atoms with E-state index in [2.05, 4.69) is 21.3 Å². The lowest BCUT2D eigenvalue weighted by Crippen LogP contribution is -2.57. The summed E-state index contributed by atoms with van der Waals surface area (Å²) >= 11 is 0. The van der Waals surface area contributed by atoms with Crippen LogP contribution in [-0.4, -0.2) is 139 Å². The Morgan fingerprint density at radius 2 is 1.04 bits per heavy atom. The zero-order chi connectivity index (χ0) is 35.9. The number of aliphatic hydroxyl groups is 3.